The Bertz CT molecular complexity index is 901. The highest BCUT2D eigenvalue weighted by Gasteiger charge is 2.37. The van der Waals surface area contributed by atoms with Gasteiger partial charge in [0.25, 0.3) is 0 Å². The van der Waals surface area contributed by atoms with E-state index in [1.165, 1.54) is 7.11 Å². The molecule has 1 heterocycles. The Balaban J connectivity index is 1.62. The molecule has 6 heteroatoms. The first-order chi connectivity index (χ1) is 13.4. The van der Waals surface area contributed by atoms with Gasteiger partial charge in [0.1, 0.15) is 5.75 Å². The van der Waals surface area contributed by atoms with Gasteiger partial charge in [-0.25, -0.2) is 0 Å². The van der Waals surface area contributed by atoms with Crippen molar-refractivity contribution in [2.24, 2.45) is 5.92 Å². The molecule has 0 unspecified atom stereocenters. The van der Waals surface area contributed by atoms with Crippen LogP contribution in [0.15, 0.2) is 42.5 Å². The number of hydrogen-bond acceptors (Lipinski definition) is 5. The van der Waals surface area contributed by atoms with Gasteiger partial charge >= 0.3 is 5.97 Å². The zero-order chi connectivity index (χ0) is 20.3. The minimum absolute atomic E-state index is 0.0833. The van der Waals surface area contributed by atoms with Crippen molar-refractivity contribution in [1.29, 1.82) is 0 Å². The molecule has 0 N–H and O–H groups in total. The lowest BCUT2D eigenvalue weighted by atomic mass is 10.1. The van der Waals surface area contributed by atoms with Crippen LogP contribution in [0.5, 0.6) is 5.75 Å². The number of esters is 1. The topological polar surface area (TPSA) is 72.9 Å². The SMILES string of the molecule is COc1cccc(C(=O)COC(=O)[C@H]2CC(=O)N(c3c(C)cccc3C)C2)c1. The predicted molar refractivity (Wildman–Crippen MR) is 105 cm³/mol. The van der Waals surface area contributed by atoms with Crippen LogP contribution in [0.3, 0.4) is 0 Å². The molecule has 1 aliphatic heterocycles. The Labute approximate surface area is 164 Å². The lowest BCUT2D eigenvalue weighted by molar-refractivity contribution is -0.147. The highest BCUT2D eigenvalue weighted by atomic mass is 16.5. The minimum atomic E-state index is -0.579. The quantitative estimate of drug-likeness (QED) is 0.568. The third-order valence-corrected chi connectivity index (χ3v) is 4.91. The number of amides is 1. The van der Waals surface area contributed by atoms with Crippen molar-refractivity contribution in [3.05, 3.63) is 59.2 Å². The van der Waals surface area contributed by atoms with E-state index in [-0.39, 0.29) is 31.3 Å². The van der Waals surface area contributed by atoms with E-state index in [2.05, 4.69) is 0 Å². The summed E-state index contributed by atoms with van der Waals surface area (Å²) in [6.45, 7) is 3.78. The van der Waals surface area contributed by atoms with Crippen LogP contribution in [0.1, 0.15) is 27.9 Å². The normalized spacial score (nSPS) is 16.2. The summed E-state index contributed by atoms with van der Waals surface area (Å²) in [4.78, 5) is 38.8. The van der Waals surface area contributed by atoms with Gasteiger partial charge in [-0.15, -0.1) is 0 Å². The largest absolute Gasteiger partial charge is 0.497 e. The highest BCUT2D eigenvalue weighted by molar-refractivity contribution is 6.01. The average molecular weight is 381 g/mol. The van der Waals surface area contributed by atoms with Crippen LogP contribution in [0.25, 0.3) is 0 Å². The highest BCUT2D eigenvalue weighted by Crippen LogP contribution is 2.31. The van der Waals surface area contributed by atoms with E-state index in [0.29, 0.717) is 11.3 Å². The molecule has 6 nitrogen and oxygen atoms in total. The summed E-state index contributed by atoms with van der Waals surface area (Å²) in [5, 5.41) is 0. The van der Waals surface area contributed by atoms with Crippen LogP contribution in [0.4, 0.5) is 5.69 Å². The molecule has 0 aliphatic carbocycles. The summed E-state index contributed by atoms with van der Waals surface area (Å²) in [7, 11) is 1.52. The molecule has 3 rings (SSSR count). The fraction of sp³-hybridized carbons (Fsp3) is 0.318. The molecule has 0 aromatic heterocycles. The van der Waals surface area contributed by atoms with Gasteiger partial charge in [0.15, 0.2) is 12.4 Å². The molecule has 2 aromatic rings. The summed E-state index contributed by atoms with van der Waals surface area (Å²) >= 11 is 0. The Morgan fingerprint density at radius 3 is 2.46 bits per heavy atom. The van der Waals surface area contributed by atoms with E-state index < -0.39 is 11.9 Å². The molecule has 146 valence electrons. The molecule has 2 aromatic carbocycles. The Hall–Kier alpha value is -3.15. The predicted octanol–water partition coefficient (Wildman–Crippen LogP) is 3.09. The van der Waals surface area contributed by atoms with E-state index in [9.17, 15) is 14.4 Å². The molecule has 1 saturated heterocycles. The Kier molecular flexibility index (Phi) is 5.78. The zero-order valence-electron chi connectivity index (χ0n) is 16.2. The third-order valence-electron chi connectivity index (χ3n) is 4.91. The average Bonchev–Trinajstić information content (AvgIpc) is 3.07. The number of carbonyl (C=O) groups is 3. The van der Waals surface area contributed by atoms with Crippen molar-refractivity contribution >= 4 is 23.3 Å². The van der Waals surface area contributed by atoms with Crippen LogP contribution < -0.4 is 9.64 Å². The van der Waals surface area contributed by atoms with Gasteiger partial charge in [0.2, 0.25) is 5.91 Å². The van der Waals surface area contributed by atoms with E-state index >= 15 is 0 Å². The zero-order valence-corrected chi connectivity index (χ0v) is 16.2. The molecule has 28 heavy (non-hydrogen) atoms. The molecule has 0 saturated carbocycles. The van der Waals surface area contributed by atoms with Gasteiger partial charge in [-0.05, 0) is 37.1 Å². The van der Waals surface area contributed by atoms with Gasteiger partial charge in [0, 0.05) is 24.2 Å². The maximum absolute atomic E-state index is 12.5. The van der Waals surface area contributed by atoms with E-state index in [4.69, 9.17) is 9.47 Å². The van der Waals surface area contributed by atoms with Crippen molar-refractivity contribution in [1.82, 2.24) is 0 Å². The number of benzene rings is 2. The number of ketones is 1. The van der Waals surface area contributed by atoms with E-state index in [1.807, 2.05) is 32.0 Å². The lowest BCUT2D eigenvalue weighted by Crippen LogP contribution is -2.28. The molecule has 1 amide bonds. The third kappa shape index (κ3) is 4.06. The molecule has 1 aliphatic rings. The van der Waals surface area contributed by atoms with Crippen LogP contribution >= 0.6 is 0 Å². The van der Waals surface area contributed by atoms with Crippen LogP contribution in [-0.2, 0) is 14.3 Å². The summed E-state index contributed by atoms with van der Waals surface area (Å²) in [6, 6.07) is 12.5. The van der Waals surface area contributed by atoms with Crippen molar-refractivity contribution in [3.63, 3.8) is 0 Å². The second-order valence-corrected chi connectivity index (χ2v) is 6.91. The minimum Gasteiger partial charge on any atom is -0.497 e. The fourth-order valence-electron chi connectivity index (χ4n) is 3.45. The van der Waals surface area contributed by atoms with Gasteiger partial charge in [-0.1, -0.05) is 30.3 Å². The smallest absolute Gasteiger partial charge is 0.311 e. The lowest BCUT2D eigenvalue weighted by Gasteiger charge is -2.21. The number of methoxy groups -OCH3 is 1. The number of carbonyl (C=O) groups excluding carboxylic acids is 3. The summed E-state index contributed by atoms with van der Waals surface area (Å²) in [5.74, 6) is -0.979. The number of ether oxygens (including phenoxy) is 2. The first-order valence-corrected chi connectivity index (χ1v) is 9.11. The van der Waals surface area contributed by atoms with Gasteiger partial charge < -0.3 is 14.4 Å². The number of nitrogens with zero attached hydrogens (tertiary/aromatic N) is 1. The molecule has 1 fully saturated rings. The molecule has 0 radical (unpaired) electrons. The fourth-order valence-corrected chi connectivity index (χ4v) is 3.45. The first kappa shape index (κ1) is 19.6. The maximum atomic E-state index is 12.5. The van der Waals surface area contributed by atoms with Crippen LogP contribution in [0, 0.1) is 19.8 Å². The standard InChI is InChI=1S/C22H23NO5/c1-14-6-4-7-15(2)21(14)23-12-17(11-20(23)25)22(26)28-13-19(24)16-8-5-9-18(10-16)27-3/h4-10,17H,11-13H2,1-3H3/t17-/m0/s1. The van der Waals surface area contributed by atoms with Crippen molar-refractivity contribution in [3.8, 4) is 5.75 Å². The summed E-state index contributed by atoms with van der Waals surface area (Å²) < 4.78 is 10.3. The number of aryl methyl sites for hydroxylation is 2. The van der Waals surface area contributed by atoms with Crippen LogP contribution in [0.2, 0.25) is 0 Å². The first-order valence-electron chi connectivity index (χ1n) is 9.11. The van der Waals surface area contributed by atoms with E-state index in [0.717, 1.165) is 16.8 Å². The number of rotatable bonds is 6. The van der Waals surface area contributed by atoms with Crippen LogP contribution in [-0.4, -0.2) is 37.9 Å². The van der Waals surface area contributed by atoms with Crippen molar-refractivity contribution in [2.75, 3.05) is 25.2 Å². The number of hydrogen-bond donors (Lipinski definition) is 0. The number of anilines is 1. The molecular weight excluding hydrogens is 358 g/mol. The van der Waals surface area contributed by atoms with Crippen molar-refractivity contribution in [2.45, 2.75) is 20.3 Å². The molecule has 1 atom stereocenters. The number of Topliss-reactive ketones (excluding diaryl/α,β-unsaturated/α-hetero) is 1. The second-order valence-electron chi connectivity index (χ2n) is 6.91. The Morgan fingerprint density at radius 1 is 1.11 bits per heavy atom. The van der Waals surface area contributed by atoms with Gasteiger partial charge in [0.05, 0.1) is 13.0 Å². The number of para-hydroxylation sites is 1. The summed E-state index contributed by atoms with van der Waals surface area (Å²) in [6.07, 6.45) is 0.0833. The maximum Gasteiger partial charge on any atom is 0.311 e. The molecule has 0 spiro atoms. The monoisotopic (exact) mass is 381 g/mol. The second kappa shape index (κ2) is 8.25. The summed E-state index contributed by atoms with van der Waals surface area (Å²) in [5.41, 5.74) is 3.22. The molecule has 0 bridgehead atoms. The van der Waals surface area contributed by atoms with Gasteiger partial charge in [-0.2, -0.15) is 0 Å². The van der Waals surface area contributed by atoms with E-state index in [1.54, 1.807) is 29.2 Å². The van der Waals surface area contributed by atoms with Crippen molar-refractivity contribution < 1.29 is 23.9 Å². The molecular formula is C22H23NO5. The Morgan fingerprint density at radius 2 is 1.79 bits per heavy atom. The van der Waals surface area contributed by atoms with Gasteiger partial charge in [-0.3, -0.25) is 14.4 Å².